The number of nitrogens with two attached hydrogens (primary N) is 1. The van der Waals surface area contributed by atoms with Crippen LogP contribution in [0.2, 0.25) is 0 Å². The summed E-state index contributed by atoms with van der Waals surface area (Å²) in [7, 11) is 0. The van der Waals surface area contributed by atoms with Gasteiger partial charge in [0.15, 0.2) is 0 Å². The fraction of sp³-hybridized carbons (Fsp3) is 0.286. The molecule has 20 heavy (non-hydrogen) atoms. The van der Waals surface area contributed by atoms with Crippen LogP contribution in [0.1, 0.15) is 28.3 Å². The van der Waals surface area contributed by atoms with Crippen molar-refractivity contribution in [2.45, 2.75) is 25.6 Å². The Kier molecular flexibility index (Phi) is 4.47. The molecule has 0 fully saturated rings. The first-order valence-corrected chi connectivity index (χ1v) is 7.01. The molecule has 1 aromatic carbocycles. The van der Waals surface area contributed by atoms with Gasteiger partial charge in [-0.1, -0.05) is 12.1 Å². The number of thiophene rings is 1. The van der Waals surface area contributed by atoms with E-state index in [1.165, 1.54) is 12.1 Å². The second kappa shape index (κ2) is 5.95. The van der Waals surface area contributed by atoms with E-state index in [2.05, 4.69) is 5.43 Å². The molecule has 6 heteroatoms. The lowest BCUT2D eigenvalue weighted by Gasteiger charge is -2.16. The number of nitrogens with one attached hydrogen (secondary N) is 1. The molecule has 3 N–H and O–H groups in total. The molecule has 0 bridgehead atoms. The molecule has 0 aliphatic heterocycles. The second-order valence-corrected chi connectivity index (χ2v) is 5.37. The molecule has 1 unspecified atom stereocenters. The molecule has 0 spiro atoms. The first kappa shape index (κ1) is 15.0. The van der Waals surface area contributed by atoms with Gasteiger partial charge < -0.3 is 0 Å². The minimum absolute atomic E-state index is 0.0991. The van der Waals surface area contributed by atoms with E-state index in [0.29, 0.717) is 6.42 Å². The summed E-state index contributed by atoms with van der Waals surface area (Å²) in [4.78, 5) is 0. The predicted octanol–water partition coefficient (Wildman–Crippen LogP) is 3.82. The lowest BCUT2D eigenvalue weighted by Crippen LogP contribution is -2.29. The number of aryl methyl sites for hydroxylation is 1. The van der Waals surface area contributed by atoms with E-state index in [0.717, 1.165) is 28.8 Å². The Morgan fingerprint density at radius 1 is 1.20 bits per heavy atom. The molecule has 2 rings (SSSR count). The summed E-state index contributed by atoms with van der Waals surface area (Å²) >= 11 is 1.58. The Labute approximate surface area is 119 Å². The number of hydrogen-bond acceptors (Lipinski definition) is 3. The SMILES string of the molecule is Cc1cscc1C(Cc1ccc(C(F)(F)F)cc1)NN. The highest BCUT2D eigenvalue weighted by molar-refractivity contribution is 7.08. The maximum atomic E-state index is 12.5. The highest BCUT2D eigenvalue weighted by Gasteiger charge is 2.30. The Morgan fingerprint density at radius 2 is 1.85 bits per heavy atom. The van der Waals surface area contributed by atoms with Crippen LogP contribution in [0.3, 0.4) is 0 Å². The predicted molar refractivity (Wildman–Crippen MR) is 74.3 cm³/mol. The maximum Gasteiger partial charge on any atom is 0.416 e. The van der Waals surface area contributed by atoms with Crippen molar-refractivity contribution in [2.75, 3.05) is 0 Å². The van der Waals surface area contributed by atoms with Crippen LogP contribution in [-0.2, 0) is 12.6 Å². The van der Waals surface area contributed by atoms with E-state index in [1.807, 2.05) is 17.7 Å². The molecule has 1 aromatic heterocycles. The molecule has 0 amide bonds. The molecule has 2 nitrogen and oxygen atoms in total. The Balaban J connectivity index is 2.15. The van der Waals surface area contributed by atoms with Gasteiger partial charge in [0.05, 0.1) is 11.6 Å². The summed E-state index contributed by atoms with van der Waals surface area (Å²) in [6.07, 6.45) is -3.75. The third-order valence-electron chi connectivity index (χ3n) is 3.19. The van der Waals surface area contributed by atoms with Gasteiger partial charge in [-0.3, -0.25) is 11.3 Å². The van der Waals surface area contributed by atoms with Gasteiger partial charge >= 0.3 is 6.18 Å². The fourth-order valence-electron chi connectivity index (χ4n) is 2.05. The van der Waals surface area contributed by atoms with Gasteiger partial charge in [0.1, 0.15) is 0 Å². The summed E-state index contributed by atoms with van der Waals surface area (Å²) in [6.45, 7) is 1.99. The van der Waals surface area contributed by atoms with Crippen LogP contribution >= 0.6 is 11.3 Å². The summed E-state index contributed by atoms with van der Waals surface area (Å²) < 4.78 is 37.5. The minimum Gasteiger partial charge on any atom is -0.271 e. The molecule has 1 heterocycles. The standard InChI is InChI=1S/C14H15F3N2S/c1-9-7-20-8-12(9)13(19-18)6-10-2-4-11(5-3-10)14(15,16)17/h2-5,7-8,13,19H,6,18H2,1H3. The van der Waals surface area contributed by atoms with Crippen LogP contribution in [-0.4, -0.2) is 0 Å². The van der Waals surface area contributed by atoms with E-state index in [9.17, 15) is 13.2 Å². The van der Waals surface area contributed by atoms with Crippen LogP contribution in [0.15, 0.2) is 35.0 Å². The second-order valence-electron chi connectivity index (χ2n) is 4.63. The Morgan fingerprint density at radius 3 is 2.30 bits per heavy atom. The zero-order valence-electron chi connectivity index (χ0n) is 10.9. The fourth-order valence-corrected chi connectivity index (χ4v) is 2.96. The Hall–Kier alpha value is -1.37. The Bertz CT molecular complexity index is 561. The summed E-state index contributed by atoms with van der Waals surface area (Å²) in [5, 5.41) is 4.02. The van der Waals surface area contributed by atoms with Crippen molar-refractivity contribution in [3.8, 4) is 0 Å². The lowest BCUT2D eigenvalue weighted by molar-refractivity contribution is -0.137. The number of benzene rings is 1. The summed E-state index contributed by atoms with van der Waals surface area (Å²) in [6, 6.07) is 5.09. The van der Waals surface area contributed by atoms with Crippen molar-refractivity contribution >= 4 is 11.3 Å². The summed E-state index contributed by atoms with van der Waals surface area (Å²) in [5.41, 5.74) is 5.11. The quantitative estimate of drug-likeness (QED) is 0.665. The zero-order chi connectivity index (χ0) is 14.8. The van der Waals surface area contributed by atoms with E-state index in [1.54, 1.807) is 11.3 Å². The van der Waals surface area contributed by atoms with Crippen molar-refractivity contribution in [2.24, 2.45) is 5.84 Å². The molecular weight excluding hydrogens is 285 g/mol. The van der Waals surface area contributed by atoms with Gasteiger partial charge in [0.25, 0.3) is 0 Å². The van der Waals surface area contributed by atoms with E-state index in [4.69, 9.17) is 5.84 Å². The first-order valence-electron chi connectivity index (χ1n) is 6.06. The average Bonchev–Trinajstić information content (AvgIpc) is 2.82. The molecule has 108 valence electrons. The van der Waals surface area contributed by atoms with Crippen molar-refractivity contribution in [3.05, 3.63) is 57.3 Å². The maximum absolute atomic E-state index is 12.5. The molecular formula is C14H15F3N2S. The summed E-state index contributed by atoms with van der Waals surface area (Å²) in [5.74, 6) is 5.55. The molecule has 0 saturated heterocycles. The van der Waals surface area contributed by atoms with Gasteiger partial charge in [-0.15, -0.1) is 0 Å². The molecule has 0 radical (unpaired) electrons. The van der Waals surface area contributed by atoms with Crippen molar-refractivity contribution in [1.29, 1.82) is 0 Å². The highest BCUT2D eigenvalue weighted by Crippen LogP contribution is 2.30. The highest BCUT2D eigenvalue weighted by atomic mass is 32.1. The number of rotatable bonds is 4. The van der Waals surface area contributed by atoms with E-state index in [-0.39, 0.29) is 6.04 Å². The van der Waals surface area contributed by atoms with Crippen molar-refractivity contribution in [3.63, 3.8) is 0 Å². The van der Waals surface area contributed by atoms with Crippen LogP contribution < -0.4 is 11.3 Å². The minimum atomic E-state index is -4.30. The molecule has 0 aliphatic carbocycles. The average molecular weight is 300 g/mol. The topological polar surface area (TPSA) is 38.0 Å². The number of hydrazine groups is 1. The largest absolute Gasteiger partial charge is 0.416 e. The smallest absolute Gasteiger partial charge is 0.271 e. The van der Waals surface area contributed by atoms with Gasteiger partial charge in [-0.25, -0.2) is 0 Å². The monoisotopic (exact) mass is 300 g/mol. The third kappa shape index (κ3) is 3.39. The molecule has 1 atom stereocenters. The van der Waals surface area contributed by atoms with Gasteiger partial charge in [-0.05, 0) is 52.9 Å². The van der Waals surface area contributed by atoms with Crippen molar-refractivity contribution in [1.82, 2.24) is 5.43 Å². The number of hydrogen-bond donors (Lipinski definition) is 2. The van der Waals surface area contributed by atoms with Crippen LogP contribution in [0.25, 0.3) is 0 Å². The lowest BCUT2D eigenvalue weighted by atomic mass is 9.98. The zero-order valence-corrected chi connectivity index (χ0v) is 11.7. The molecule has 0 saturated carbocycles. The van der Waals surface area contributed by atoms with Gasteiger partial charge in [0.2, 0.25) is 0 Å². The number of halogens is 3. The molecule has 2 aromatic rings. The molecule has 0 aliphatic rings. The van der Waals surface area contributed by atoms with E-state index >= 15 is 0 Å². The van der Waals surface area contributed by atoms with Gasteiger partial charge in [-0.2, -0.15) is 24.5 Å². The van der Waals surface area contributed by atoms with Crippen LogP contribution in [0.4, 0.5) is 13.2 Å². The van der Waals surface area contributed by atoms with E-state index < -0.39 is 11.7 Å². The normalized spacial score (nSPS) is 13.4. The van der Waals surface area contributed by atoms with Crippen LogP contribution in [0.5, 0.6) is 0 Å². The first-order chi connectivity index (χ1) is 9.41. The van der Waals surface area contributed by atoms with Gasteiger partial charge in [0, 0.05) is 0 Å². The third-order valence-corrected chi connectivity index (χ3v) is 4.07. The van der Waals surface area contributed by atoms with Crippen LogP contribution in [0, 0.1) is 6.92 Å². The van der Waals surface area contributed by atoms with Crippen molar-refractivity contribution < 1.29 is 13.2 Å². The number of alkyl halides is 3.